The number of carbonyl (C=O) groups excluding carboxylic acids is 1. The first kappa shape index (κ1) is 15.2. The number of aromatic nitrogens is 2. The lowest BCUT2D eigenvalue weighted by molar-refractivity contribution is -0.207. The van der Waals surface area contributed by atoms with Gasteiger partial charge in [0.1, 0.15) is 11.5 Å². The average molecular weight is 318 g/mol. The summed E-state index contributed by atoms with van der Waals surface area (Å²) in [5.74, 6) is -0.658. The second-order valence-electron chi connectivity index (χ2n) is 3.92. The molecule has 4 N–H and O–H groups in total. The van der Waals surface area contributed by atoms with Crippen LogP contribution in [0.4, 0.5) is 24.1 Å². The summed E-state index contributed by atoms with van der Waals surface area (Å²) in [5, 5.41) is 13.4. The molecule has 112 valence electrons. The molecule has 0 radical (unpaired) electrons. The number of nitrogens with one attached hydrogen (secondary N) is 1. The molecule has 0 fully saturated rings. The van der Waals surface area contributed by atoms with Crippen LogP contribution in [0.5, 0.6) is 0 Å². The van der Waals surface area contributed by atoms with Crippen LogP contribution in [-0.2, 0) is 0 Å². The average Bonchev–Trinajstić information content (AvgIpc) is 2.86. The van der Waals surface area contributed by atoms with Crippen LogP contribution in [0.1, 0.15) is 22.3 Å². The Labute approximate surface area is 120 Å². The van der Waals surface area contributed by atoms with Crippen molar-refractivity contribution in [3.8, 4) is 0 Å². The van der Waals surface area contributed by atoms with Crippen LogP contribution < -0.4 is 11.1 Å². The number of aliphatic hydroxyl groups excluding tert-OH is 1. The molecule has 10 heteroatoms. The molecule has 0 aliphatic heterocycles. The Balaban J connectivity index is 2.19. The van der Waals surface area contributed by atoms with Gasteiger partial charge in [0.25, 0.3) is 5.91 Å². The van der Waals surface area contributed by atoms with Crippen molar-refractivity contribution in [2.75, 3.05) is 5.32 Å². The number of primary amides is 1. The lowest BCUT2D eigenvalue weighted by Crippen LogP contribution is -2.21. The third-order valence-electron chi connectivity index (χ3n) is 2.35. The molecule has 2 rings (SSSR count). The fraction of sp³-hybridized carbons (Fsp3) is 0.182. The first-order valence-electron chi connectivity index (χ1n) is 5.51. The minimum atomic E-state index is -4.80. The smallest absolute Gasteiger partial charge is 0.378 e. The number of pyridine rings is 1. The van der Waals surface area contributed by atoms with Crippen LogP contribution >= 0.6 is 11.3 Å². The number of carbonyl (C=O) groups is 1. The van der Waals surface area contributed by atoms with Crippen LogP contribution in [0.2, 0.25) is 0 Å². The summed E-state index contributed by atoms with van der Waals surface area (Å²) in [4.78, 5) is 18.4. The Morgan fingerprint density at radius 3 is 2.67 bits per heavy atom. The number of amides is 1. The molecule has 0 saturated carbocycles. The van der Waals surface area contributed by atoms with Gasteiger partial charge >= 0.3 is 6.18 Å². The molecule has 2 aromatic heterocycles. The number of aliphatic hydroxyl groups is 1. The summed E-state index contributed by atoms with van der Waals surface area (Å²) in [7, 11) is 0. The fourth-order valence-corrected chi connectivity index (χ4v) is 2.10. The molecule has 1 unspecified atom stereocenters. The predicted octanol–water partition coefficient (Wildman–Crippen LogP) is 1.98. The molecule has 21 heavy (non-hydrogen) atoms. The van der Waals surface area contributed by atoms with E-state index >= 15 is 0 Å². The summed E-state index contributed by atoms with van der Waals surface area (Å²) in [6.45, 7) is 0. The minimum absolute atomic E-state index is 0.0361. The quantitative estimate of drug-likeness (QED) is 0.800. The number of rotatable bonds is 4. The van der Waals surface area contributed by atoms with Crippen molar-refractivity contribution in [3.05, 3.63) is 35.0 Å². The van der Waals surface area contributed by atoms with Crippen molar-refractivity contribution < 1.29 is 23.1 Å². The van der Waals surface area contributed by atoms with Gasteiger partial charge in [0.15, 0.2) is 11.2 Å². The Bertz CT molecular complexity index is 659. The van der Waals surface area contributed by atoms with E-state index in [1.807, 2.05) is 0 Å². The molecular weight excluding hydrogens is 309 g/mol. The van der Waals surface area contributed by atoms with Crippen LogP contribution in [0.25, 0.3) is 0 Å². The lowest BCUT2D eigenvalue weighted by atomic mass is 10.2. The molecular formula is C11H9F3N4O2S. The van der Waals surface area contributed by atoms with Gasteiger partial charge in [0, 0.05) is 5.38 Å². The second-order valence-corrected chi connectivity index (χ2v) is 4.78. The number of nitrogens with two attached hydrogens (primary N) is 1. The molecule has 0 spiro atoms. The van der Waals surface area contributed by atoms with Crippen molar-refractivity contribution in [1.29, 1.82) is 0 Å². The highest BCUT2D eigenvalue weighted by molar-refractivity contribution is 7.14. The van der Waals surface area contributed by atoms with Crippen molar-refractivity contribution >= 4 is 28.2 Å². The molecule has 0 aliphatic carbocycles. The lowest BCUT2D eigenvalue weighted by Gasteiger charge is -2.14. The van der Waals surface area contributed by atoms with Crippen molar-refractivity contribution in [3.63, 3.8) is 0 Å². The zero-order valence-electron chi connectivity index (χ0n) is 10.3. The van der Waals surface area contributed by atoms with Gasteiger partial charge < -0.3 is 16.2 Å². The van der Waals surface area contributed by atoms with Crippen molar-refractivity contribution in [2.45, 2.75) is 12.3 Å². The van der Waals surface area contributed by atoms with E-state index in [2.05, 4.69) is 15.3 Å². The van der Waals surface area contributed by atoms with E-state index < -0.39 is 23.9 Å². The Morgan fingerprint density at radius 1 is 1.38 bits per heavy atom. The number of thiazole rings is 1. The molecule has 0 saturated heterocycles. The first-order valence-corrected chi connectivity index (χ1v) is 6.39. The monoisotopic (exact) mass is 318 g/mol. The van der Waals surface area contributed by atoms with Gasteiger partial charge in [-0.05, 0) is 12.1 Å². The molecule has 2 heterocycles. The zero-order valence-corrected chi connectivity index (χ0v) is 11.1. The first-order chi connectivity index (χ1) is 9.77. The van der Waals surface area contributed by atoms with Crippen molar-refractivity contribution in [2.24, 2.45) is 5.73 Å². The SMILES string of the molecule is NC(=O)c1csc(Nc2cccc(C(O)C(F)(F)F)n2)n1. The van der Waals surface area contributed by atoms with E-state index in [1.54, 1.807) is 0 Å². The molecule has 0 aromatic carbocycles. The van der Waals surface area contributed by atoms with E-state index in [-0.39, 0.29) is 16.6 Å². The maximum atomic E-state index is 12.4. The summed E-state index contributed by atoms with van der Waals surface area (Å²) in [6.07, 6.45) is -7.47. The molecule has 1 atom stereocenters. The van der Waals surface area contributed by atoms with Crippen LogP contribution in [0.15, 0.2) is 23.6 Å². The second kappa shape index (κ2) is 5.66. The van der Waals surface area contributed by atoms with E-state index in [1.165, 1.54) is 17.5 Å². The highest BCUT2D eigenvalue weighted by Crippen LogP contribution is 2.32. The number of nitrogens with zero attached hydrogens (tertiary/aromatic N) is 2. The van der Waals surface area contributed by atoms with E-state index in [0.29, 0.717) is 0 Å². The number of hydrogen-bond donors (Lipinski definition) is 3. The van der Waals surface area contributed by atoms with Gasteiger partial charge in [-0.25, -0.2) is 9.97 Å². The third-order valence-corrected chi connectivity index (χ3v) is 3.11. The molecule has 0 bridgehead atoms. The van der Waals surface area contributed by atoms with E-state index in [9.17, 15) is 18.0 Å². The largest absolute Gasteiger partial charge is 0.420 e. The molecule has 0 aliphatic rings. The maximum Gasteiger partial charge on any atom is 0.420 e. The highest BCUT2D eigenvalue weighted by atomic mass is 32.1. The van der Waals surface area contributed by atoms with E-state index in [0.717, 1.165) is 17.4 Å². The molecule has 1 amide bonds. The minimum Gasteiger partial charge on any atom is -0.378 e. The number of anilines is 2. The fourth-order valence-electron chi connectivity index (χ4n) is 1.39. The predicted molar refractivity (Wildman–Crippen MR) is 69.2 cm³/mol. The van der Waals surface area contributed by atoms with Gasteiger partial charge in [-0.15, -0.1) is 11.3 Å². The summed E-state index contributed by atoms with van der Waals surface area (Å²) in [6, 6.07) is 3.76. The normalized spacial score (nSPS) is 13.0. The van der Waals surface area contributed by atoms with Crippen LogP contribution in [0.3, 0.4) is 0 Å². The van der Waals surface area contributed by atoms with Crippen LogP contribution in [0, 0.1) is 0 Å². The topological polar surface area (TPSA) is 101 Å². The van der Waals surface area contributed by atoms with Gasteiger partial charge in [0.05, 0.1) is 5.69 Å². The highest BCUT2D eigenvalue weighted by Gasteiger charge is 2.40. The Morgan fingerprint density at radius 2 is 2.10 bits per heavy atom. The Kier molecular flexibility index (Phi) is 4.09. The van der Waals surface area contributed by atoms with Gasteiger partial charge in [-0.3, -0.25) is 4.79 Å². The summed E-state index contributed by atoms with van der Waals surface area (Å²) in [5.41, 5.74) is 4.53. The standard InChI is InChI=1S/C11H9F3N4O2S/c12-11(13,14)8(19)5-2-1-3-7(16-5)18-10-17-6(4-21-10)9(15)20/h1-4,8,19H,(H2,15,20)(H,16,17,18). The Hall–Kier alpha value is -2.20. The maximum absolute atomic E-state index is 12.4. The summed E-state index contributed by atoms with van der Waals surface area (Å²) >= 11 is 1.04. The van der Waals surface area contributed by atoms with Gasteiger partial charge in [-0.1, -0.05) is 6.07 Å². The number of hydrogen-bond acceptors (Lipinski definition) is 6. The van der Waals surface area contributed by atoms with E-state index in [4.69, 9.17) is 10.8 Å². The molecule has 2 aromatic rings. The number of alkyl halides is 3. The molecule has 6 nitrogen and oxygen atoms in total. The van der Waals surface area contributed by atoms with Gasteiger partial charge in [0.2, 0.25) is 0 Å². The zero-order chi connectivity index (χ0) is 15.6. The summed E-state index contributed by atoms with van der Waals surface area (Å²) < 4.78 is 37.2. The number of halogens is 3. The van der Waals surface area contributed by atoms with Gasteiger partial charge in [-0.2, -0.15) is 13.2 Å². The third kappa shape index (κ3) is 3.67. The van der Waals surface area contributed by atoms with Crippen molar-refractivity contribution in [1.82, 2.24) is 9.97 Å². The van der Waals surface area contributed by atoms with Crippen LogP contribution in [-0.4, -0.2) is 27.2 Å².